The van der Waals surface area contributed by atoms with Gasteiger partial charge in [0.2, 0.25) is 5.91 Å². The van der Waals surface area contributed by atoms with E-state index in [-0.39, 0.29) is 11.7 Å². The molecule has 0 spiro atoms. The first kappa shape index (κ1) is 29.0. The maximum absolute atomic E-state index is 13.2. The number of hydrogen-bond acceptors (Lipinski definition) is 4. The van der Waals surface area contributed by atoms with Gasteiger partial charge in [0.15, 0.2) is 0 Å². The number of hydrogen-bond donors (Lipinski definition) is 1. The molecule has 0 saturated carbocycles. The highest BCUT2D eigenvalue weighted by Gasteiger charge is 2.25. The third kappa shape index (κ3) is 7.11. The summed E-state index contributed by atoms with van der Waals surface area (Å²) in [5.41, 5.74) is 6.09. The zero-order chi connectivity index (χ0) is 29.8. The van der Waals surface area contributed by atoms with Crippen molar-refractivity contribution in [1.29, 1.82) is 0 Å². The third-order valence-electron chi connectivity index (χ3n) is 8.94. The molecule has 2 aliphatic heterocycles. The number of aromatic nitrogens is 1. The molecule has 4 aromatic rings. The van der Waals surface area contributed by atoms with Crippen molar-refractivity contribution >= 4 is 28.4 Å². The average Bonchev–Trinajstić information content (AvgIpc) is 3.03. The molecule has 6 rings (SSSR count). The van der Waals surface area contributed by atoms with Crippen LogP contribution in [0.25, 0.3) is 22.0 Å². The quantitative estimate of drug-likeness (QED) is 0.252. The molecule has 3 heterocycles. The third-order valence-corrected chi connectivity index (χ3v) is 8.94. The highest BCUT2D eigenvalue weighted by Crippen LogP contribution is 2.27. The highest BCUT2D eigenvalue weighted by molar-refractivity contribution is 6.05. The Labute approximate surface area is 252 Å². The van der Waals surface area contributed by atoms with E-state index in [0.717, 1.165) is 91.7 Å². The number of anilines is 1. The van der Waals surface area contributed by atoms with Gasteiger partial charge in [-0.3, -0.25) is 19.5 Å². The number of pyridine rings is 1. The van der Waals surface area contributed by atoms with Crippen LogP contribution < -0.4 is 5.32 Å². The Morgan fingerprint density at radius 3 is 2.26 bits per heavy atom. The van der Waals surface area contributed by atoms with Crippen LogP contribution in [0.3, 0.4) is 0 Å². The number of fused-ring (bicyclic) bond motifs is 1. The molecule has 2 saturated heterocycles. The molecule has 0 aliphatic carbocycles. The molecule has 7 heteroatoms. The van der Waals surface area contributed by atoms with Gasteiger partial charge >= 0.3 is 0 Å². The fourth-order valence-electron chi connectivity index (χ4n) is 6.33. The largest absolute Gasteiger partial charge is 0.343 e. The fraction of sp³-hybridized carbons (Fsp3) is 0.361. The molecule has 0 unspecified atom stereocenters. The number of benzene rings is 3. The number of nitrogens with one attached hydrogen (secondary N) is 1. The minimum atomic E-state index is -0.273. The van der Waals surface area contributed by atoms with E-state index >= 15 is 0 Å². The van der Waals surface area contributed by atoms with Gasteiger partial charge in [-0.05, 0) is 123 Å². The standard InChI is InChI=1S/C36H39FN4O2/c1-25-19-31-20-27(24-40-17-13-26(14-18-40)21-35(42)41-15-3-2-4-16-41)23-38-34(31)22-33(25)39-36(43)30-7-5-28(6-8-30)29-9-11-32(37)12-10-29/h5-12,19-20,22-23,26H,2-4,13-18,21,24H2,1H3,(H,39,43). The Kier molecular flexibility index (Phi) is 8.79. The van der Waals surface area contributed by atoms with Crippen molar-refractivity contribution in [2.24, 2.45) is 5.92 Å². The van der Waals surface area contributed by atoms with Crippen molar-refractivity contribution in [2.75, 3.05) is 31.5 Å². The summed E-state index contributed by atoms with van der Waals surface area (Å²) >= 11 is 0. The highest BCUT2D eigenvalue weighted by atomic mass is 19.1. The number of likely N-dealkylation sites (tertiary alicyclic amines) is 2. The first-order chi connectivity index (χ1) is 20.9. The molecule has 3 aromatic carbocycles. The summed E-state index contributed by atoms with van der Waals surface area (Å²) in [6, 6.07) is 19.8. The van der Waals surface area contributed by atoms with Gasteiger partial charge in [-0.1, -0.05) is 24.3 Å². The minimum absolute atomic E-state index is 0.189. The predicted molar refractivity (Wildman–Crippen MR) is 169 cm³/mol. The number of carbonyl (C=O) groups excluding carboxylic acids is 2. The number of rotatable bonds is 7. The summed E-state index contributed by atoms with van der Waals surface area (Å²) in [6.07, 6.45) is 8.31. The first-order valence-electron chi connectivity index (χ1n) is 15.5. The zero-order valence-electron chi connectivity index (χ0n) is 24.8. The van der Waals surface area contributed by atoms with Gasteiger partial charge in [0.1, 0.15) is 5.82 Å². The second-order valence-electron chi connectivity index (χ2n) is 12.1. The number of aryl methyl sites for hydroxylation is 1. The number of carbonyl (C=O) groups is 2. The van der Waals surface area contributed by atoms with Crippen molar-refractivity contribution in [3.8, 4) is 11.1 Å². The Bertz CT molecular complexity index is 1590. The van der Waals surface area contributed by atoms with E-state index in [1.165, 1.54) is 24.1 Å². The Hall–Kier alpha value is -4.10. The number of nitrogens with zero attached hydrogens (tertiary/aromatic N) is 3. The maximum Gasteiger partial charge on any atom is 0.255 e. The van der Waals surface area contributed by atoms with E-state index in [1.54, 1.807) is 24.3 Å². The summed E-state index contributed by atoms with van der Waals surface area (Å²) in [6.45, 7) is 6.73. The van der Waals surface area contributed by atoms with Crippen LogP contribution in [0.2, 0.25) is 0 Å². The fourth-order valence-corrected chi connectivity index (χ4v) is 6.33. The van der Waals surface area contributed by atoms with Gasteiger partial charge in [0.25, 0.3) is 5.91 Å². The van der Waals surface area contributed by atoms with Crippen LogP contribution in [0.5, 0.6) is 0 Å². The Morgan fingerprint density at radius 1 is 0.884 bits per heavy atom. The smallest absolute Gasteiger partial charge is 0.255 e. The van der Waals surface area contributed by atoms with Crippen LogP contribution >= 0.6 is 0 Å². The summed E-state index contributed by atoms with van der Waals surface area (Å²) in [5.74, 6) is 0.377. The average molecular weight is 579 g/mol. The lowest BCUT2D eigenvalue weighted by Gasteiger charge is -2.33. The van der Waals surface area contributed by atoms with Crippen molar-refractivity contribution < 1.29 is 14.0 Å². The second-order valence-corrected chi connectivity index (χ2v) is 12.1. The van der Waals surface area contributed by atoms with Gasteiger partial charge in [-0.15, -0.1) is 0 Å². The Balaban J connectivity index is 1.04. The normalized spacial score (nSPS) is 16.4. The lowest BCUT2D eigenvalue weighted by Crippen LogP contribution is -2.39. The molecule has 1 N–H and O–H groups in total. The Morgan fingerprint density at radius 2 is 1.56 bits per heavy atom. The number of halogens is 1. The molecule has 6 nitrogen and oxygen atoms in total. The molecule has 0 atom stereocenters. The van der Waals surface area contributed by atoms with E-state index in [2.05, 4.69) is 27.2 Å². The molecular weight excluding hydrogens is 539 g/mol. The molecule has 2 amide bonds. The van der Waals surface area contributed by atoms with Crippen LogP contribution in [0, 0.1) is 18.7 Å². The minimum Gasteiger partial charge on any atom is -0.343 e. The molecule has 0 bridgehead atoms. The van der Waals surface area contributed by atoms with Crippen LogP contribution in [0.4, 0.5) is 10.1 Å². The lowest BCUT2D eigenvalue weighted by atomic mass is 9.92. The molecule has 2 fully saturated rings. The van der Waals surface area contributed by atoms with Crippen LogP contribution in [-0.4, -0.2) is 52.8 Å². The van der Waals surface area contributed by atoms with Gasteiger partial charge in [-0.25, -0.2) is 4.39 Å². The zero-order valence-corrected chi connectivity index (χ0v) is 24.8. The van der Waals surface area contributed by atoms with Crippen LogP contribution in [0.15, 0.2) is 72.9 Å². The summed E-state index contributed by atoms with van der Waals surface area (Å²) in [7, 11) is 0. The van der Waals surface area contributed by atoms with E-state index in [0.29, 0.717) is 23.8 Å². The molecular formula is C36H39FN4O2. The van der Waals surface area contributed by atoms with Crippen molar-refractivity contribution in [3.05, 3.63) is 95.4 Å². The number of piperidine rings is 2. The van der Waals surface area contributed by atoms with Crippen LogP contribution in [0.1, 0.15) is 60.0 Å². The lowest BCUT2D eigenvalue weighted by molar-refractivity contribution is -0.133. The van der Waals surface area contributed by atoms with Gasteiger partial charge in [0.05, 0.1) is 5.52 Å². The summed E-state index contributed by atoms with van der Waals surface area (Å²) in [4.78, 5) is 35.0. The number of amides is 2. The van der Waals surface area contributed by atoms with E-state index in [9.17, 15) is 14.0 Å². The molecule has 43 heavy (non-hydrogen) atoms. The second kappa shape index (κ2) is 13.0. The van der Waals surface area contributed by atoms with E-state index in [1.807, 2.05) is 31.3 Å². The first-order valence-corrected chi connectivity index (χ1v) is 15.5. The monoisotopic (exact) mass is 578 g/mol. The molecule has 0 radical (unpaired) electrons. The predicted octanol–water partition coefficient (Wildman–Crippen LogP) is 7.22. The molecule has 2 aliphatic rings. The molecule has 222 valence electrons. The topological polar surface area (TPSA) is 65.5 Å². The SMILES string of the molecule is Cc1cc2cc(CN3CCC(CC(=O)N4CCCCC4)CC3)cnc2cc1NC(=O)c1ccc(-c2ccc(F)cc2)cc1. The van der Waals surface area contributed by atoms with E-state index < -0.39 is 0 Å². The van der Waals surface area contributed by atoms with Gasteiger partial charge < -0.3 is 10.2 Å². The maximum atomic E-state index is 13.2. The van der Waals surface area contributed by atoms with Crippen molar-refractivity contribution in [2.45, 2.75) is 52.0 Å². The van der Waals surface area contributed by atoms with Gasteiger partial charge in [0, 0.05) is 48.9 Å². The van der Waals surface area contributed by atoms with Crippen molar-refractivity contribution in [3.63, 3.8) is 0 Å². The molecule has 1 aromatic heterocycles. The van der Waals surface area contributed by atoms with Crippen molar-refractivity contribution in [1.82, 2.24) is 14.8 Å². The van der Waals surface area contributed by atoms with Crippen LogP contribution in [-0.2, 0) is 11.3 Å². The summed E-state index contributed by atoms with van der Waals surface area (Å²) < 4.78 is 13.2. The summed E-state index contributed by atoms with van der Waals surface area (Å²) in [5, 5.41) is 4.09. The van der Waals surface area contributed by atoms with E-state index in [4.69, 9.17) is 4.98 Å². The van der Waals surface area contributed by atoms with Gasteiger partial charge in [-0.2, -0.15) is 0 Å².